The summed E-state index contributed by atoms with van der Waals surface area (Å²) < 4.78 is 11.8. The number of carboxylic acid groups (broad SMARTS) is 2. The lowest BCUT2D eigenvalue weighted by atomic mass is 10.0. The van der Waals surface area contributed by atoms with Crippen LogP contribution in [-0.2, 0) is 32.1 Å². The first-order valence-corrected chi connectivity index (χ1v) is 12.9. The molecule has 0 spiro atoms. The number of carbonyl (C=O) groups excluding carboxylic acids is 2. The van der Waals surface area contributed by atoms with Gasteiger partial charge in [0.15, 0.2) is 10.9 Å². The number of aliphatic carboxylic acids is 2. The third kappa shape index (κ3) is 4.86. The van der Waals surface area contributed by atoms with E-state index < -0.39 is 41.7 Å². The van der Waals surface area contributed by atoms with E-state index in [0.29, 0.717) is 22.8 Å². The molecule has 0 aromatic carbocycles. The maximum Gasteiger partial charge on any atom is 0.352 e. The average molecular weight is 546 g/mol. The third-order valence-corrected chi connectivity index (χ3v) is 8.00. The number of amides is 2. The lowest BCUT2D eigenvalue weighted by Gasteiger charge is -2.49. The van der Waals surface area contributed by atoms with Gasteiger partial charge >= 0.3 is 11.9 Å². The van der Waals surface area contributed by atoms with Crippen molar-refractivity contribution in [1.29, 1.82) is 0 Å². The summed E-state index contributed by atoms with van der Waals surface area (Å²) in [5, 5.41) is 29.7. The van der Waals surface area contributed by atoms with Gasteiger partial charge in [0.1, 0.15) is 29.4 Å². The summed E-state index contributed by atoms with van der Waals surface area (Å²) in [6.07, 6.45) is 2.84. The van der Waals surface area contributed by atoms with Crippen molar-refractivity contribution in [3.8, 4) is 11.6 Å². The average Bonchev–Trinajstić information content (AvgIpc) is 3.63. The van der Waals surface area contributed by atoms with Gasteiger partial charge in [-0.3, -0.25) is 23.9 Å². The van der Waals surface area contributed by atoms with Crippen LogP contribution in [0, 0.1) is 0 Å². The van der Waals surface area contributed by atoms with Crippen molar-refractivity contribution in [3.05, 3.63) is 53.8 Å². The minimum Gasteiger partial charge on any atom is -0.480 e. The second kappa shape index (κ2) is 10.2. The summed E-state index contributed by atoms with van der Waals surface area (Å²) >= 11 is 2.45. The van der Waals surface area contributed by atoms with Crippen molar-refractivity contribution in [2.45, 2.75) is 29.5 Å². The van der Waals surface area contributed by atoms with Crippen LogP contribution in [0.5, 0.6) is 0 Å². The predicted octanol–water partition coefficient (Wildman–Crippen LogP) is 1.29. The van der Waals surface area contributed by atoms with Crippen LogP contribution in [0.15, 0.2) is 62.1 Å². The quantitative estimate of drug-likeness (QED) is 0.246. The molecule has 3 N–H and O–H groups in total. The monoisotopic (exact) mass is 545 g/mol. The molecule has 2 amide bonds. The molecule has 0 unspecified atom stereocenters. The van der Waals surface area contributed by atoms with Crippen molar-refractivity contribution >= 4 is 47.3 Å². The number of carboxylic acids is 2. The van der Waals surface area contributed by atoms with E-state index in [-0.39, 0.29) is 28.9 Å². The Morgan fingerprint density at radius 1 is 1.16 bits per heavy atom. The van der Waals surface area contributed by atoms with E-state index in [1.807, 2.05) is 0 Å². The first-order valence-electron chi connectivity index (χ1n) is 10.9. The second-order valence-electron chi connectivity index (χ2n) is 8.02. The first kappa shape index (κ1) is 24.7. The zero-order valence-electron chi connectivity index (χ0n) is 18.9. The van der Waals surface area contributed by atoms with Crippen LogP contribution in [0.4, 0.5) is 0 Å². The van der Waals surface area contributed by atoms with Crippen LogP contribution in [0.1, 0.15) is 5.76 Å². The van der Waals surface area contributed by atoms with E-state index in [0.717, 1.165) is 11.8 Å². The molecule has 2 atom stereocenters. The number of hydrogen-bond acceptors (Lipinski definition) is 10. The van der Waals surface area contributed by atoms with E-state index in [9.17, 15) is 29.4 Å². The molecule has 3 aromatic rings. The number of aromatic nitrogens is 3. The molecule has 5 rings (SSSR count). The minimum atomic E-state index is -1.27. The molecular weight excluding hydrogens is 526 g/mol. The molecule has 192 valence electrons. The highest BCUT2D eigenvalue weighted by molar-refractivity contribution is 8.01. The van der Waals surface area contributed by atoms with Crippen LogP contribution < -0.4 is 5.32 Å². The zero-order chi connectivity index (χ0) is 26.1. The van der Waals surface area contributed by atoms with Crippen LogP contribution >= 0.6 is 23.5 Å². The lowest BCUT2D eigenvalue weighted by Crippen LogP contribution is -2.70. The topological polar surface area (TPSA) is 181 Å². The van der Waals surface area contributed by atoms with Crippen molar-refractivity contribution in [1.82, 2.24) is 25.0 Å². The van der Waals surface area contributed by atoms with Crippen LogP contribution in [0.3, 0.4) is 0 Å². The Balaban J connectivity index is 1.31. The minimum absolute atomic E-state index is 0.0330. The number of hydrogen-bond donors (Lipinski definition) is 3. The van der Waals surface area contributed by atoms with Crippen molar-refractivity contribution in [2.24, 2.45) is 0 Å². The molecule has 0 saturated carbocycles. The van der Waals surface area contributed by atoms with Gasteiger partial charge in [0.25, 0.3) is 5.91 Å². The molecule has 3 aromatic heterocycles. The van der Waals surface area contributed by atoms with Crippen molar-refractivity contribution in [3.63, 3.8) is 0 Å². The zero-order valence-corrected chi connectivity index (χ0v) is 20.5. The SMILES string of the molecule is O=C(O)Cn1c(SCC2=C(C(=O)O)N3C(=O)[C@@H](NC(=O)Cc4ccco4)[C@H]3SC2)nnc1-c1ccco1. The Morgan fingerprint density at radius 2 is 1.95 bits per heavy atom. The molecule has 1 fully saturated rings. The maximum absolute atomic E-state index is 12.8. The van der Waals surface area contributed by atoms with Gasteiger partial charge in [-0.15, -0.1) is 22.0 Å². The lowest BCUT2D eigenvalue weighted by molar-refractivity contribution is -0.150. The molecule has 37 heavy (non-hydrogen) atoms. The van der Waals surface area contributed by atoms with Crippen molar-refractivity contribution < 1.29 is 38.2 Å². The van der Waals surface area contributed by atoms with Crippen LogP contribution in [0.2, 0.25) is 0 Å². The normalized spacial score (nSPS) is 18.9. The molecule has 2 aliphatic heterocycles. The number of β-lactam (4-membered cyclic amide) rings is 1. The largest absolute Gasteiger partial charge is 0.480 e. The van der Waals surface area contributed by atoms with Gasteiger partial charge in [-0.05, 0) is 29.8 Å². The Kier molecular flexibility index (Phi) is 6.80. The number of rotatable bonds is 10. The van der Waals surface area contributed by atoms with Gasteiger partial charge in [0, 0.05) is 11.5 Å². The first-order chi connectivity index (χ1) is 17.8. The summed E-state index contributed by atoms with van der Waals surface area (Å²) in [4.78, 5) is 49.9. The van der Waals surface area contributed by atoms with Gasteiger partial charge in [-0.1, -0.05) is 11.8 Å². The number of nitrogens with one attached hydrogen (secondary N) is 1. The highest BCUT2D eigenvalue weighted by atomic mass is 32.2. The fourth-order valence-electron chi connectivity index (χ4n) is 4.00. The smallest absolute Gasteiger partial charge is 0.352 e. The number of fused-ring (bicyclic) bond motifs is 1. The summed E-state index contributed by atoms with van der Waals surface area (Å²) in [5.41, 5.74) is 0.324. The molecule has 0 aliphatic carbocycles. The summed E-state index contributed by atoms with van der Waals surface area (Å²) in [5.74, 6) is -1.84. The molecule has 0 radical (unpaired) electrons. The van der Waals surface area contributed by atoms with Gasteiger partial charge in [0.2, 0.25) is 11.7 Å². The van der Waals surface area contributed by atoms with Gasteiger partial charge in [-0.2, -0.15) is 0 Å². The molecule has 15 heteroatoms. The second-order valence-corrected chi connectivity index (χ2v) is 10.1. The molecular formula is C22H19N5O8S2. The fraction of sp³-hybridized carbons (Fsp3) is 0.273. The van der Waals surface area contributed by atoms with Gasteiger partial charge in [0.05, 0.1) is 18.9 Å². The standard InChI is InChI=1S/C22H19N5O8S2/c28-14(7-12-3-1-5-34-12)23-16-19(31)27-17(21(32)33)11(9-36-20(16)27)10-37-22-25-24-18(13-4-2-6-35-13)26(22)8-15(29)30/h1-6,16,20H,7-10H2,(H,23,28)(H,29,30)(H,32,33)/t16-,20-/m1/s1. The van der Waals surface area contributed by atoms with Crippen molar-refractivity contribution in [2.75, 3.05) is 11.5 Å². The maximum atomic E-state index is 12.8. The Bertz CT molecular complexity index is 1380. The van der Waals surface area contributed by atoms with Crippen LogP contribution in [-0.4, -0.2) is 76.6 Å². The molecule has 5 heterocycles. The van der Waals surface area contributed by atoms with E-state index >= 15 is 0 Å². The van der Waals surface area contributed by atoms with E-state index in [1.165, 1.54) is 33.8 Å². The third-order valence-electron chi connectivity index (χ3n) is 5.61. The number of furan rings is 2. The summed E-state index contributed by atoms with van der Waals surface area (Å²) in [6, 6.07) is 5.72. The van der Waals surface area contributed by atoms with Crippen LogP contribution in [0.25, 0.3) is 11.6 Å². The number of thioether (sulfide) groups is 2. The Hall–Kier alpha value is -3.98. The molecule has 2 aliphatic rings. The van der Waals surface area contributed by atoms with E-state index in [1.54, 1.807) is 24.3 Å². The molecule has 0 bridgehead atoms. The number of carbonyl (C=O) groups is 4. The molecule has 13 nitrogen and oxygen atoms in total. The highest BCUT2D eigenvalue weighted by Gasteiger charge is 2.54. The Labute approximate surface area is 216 Å². The van der Waals surface area contributed by atoms with Gasteiger partial charge in [-0.25, -0.2) is 4.79 Å². The Morgan fingerprint density at radius 3 is 2.62 bits per heavy atom. The number of nitrogens with zero attached hydrogens (tertiary/aromatic N) is 4. The highest BCUT2D eigenvalue weighted by Crippen LogP contribution is 2.41. The predicted molar refractivity (Wildman–Crippen MR) is 128 cm³/mol. The van der Waals surface area contributed by atoms with E-state index in [4.69, 9.17) is 8.83 Å². The molecule has 1 saturated heterocycles. The van der Waals surface area contributed by atoms with E-state index in [2.05, 4.69) is 15.5 Å². The fourth-order valence-corrected chi connectivity index (χ4v) is 6.43. The summed E-state index contributed by atoms with van der Waals surface area (Å²) in [6.45, 7) is -0.420. The van der Waals surface area contributed by atoms with Gasteiger partial charge < -0.3 is 24.4 Å². The summed E-state index contributed by atoms with van der Waals surface area (Å²) in [7, 11) is 0.